The number of benzene rings is 2. The summed E-state index contributed by atoms with van der Waals surface area (Å²) in [5.41, 5.74) is -0.867. The Morgan fingerprint density at radius 1 is 1.13 bits per heavy atom. The molecule has 1 atom stereocenters. The number of para-hydroxylation sites is 1. The van der Waals surface area contributed by atoms with Gasteiger partial charge >= 0.3 is 5.97 Å². The van der Waals surface area contributed by atoms with Crippen LogP contribution in [0.2, 0.25) is 0 Å². The fraction of sp³-hybridized carbons (Fsp3) is 0.235. The van der Waals surface area contributed by atoms with Crippen LogP contribution < -0.4 is 0 Å². The summed E-state index contributed by atoms with van der Waals surface area (Å²) >= 11 is 0. The number of ether oxygens (including phenoxy) is 1. The van der Waals surface area contributed by atoms with E-state index in [9.17, 15) is 36.1 Å². The molecular weight excluding hydrogens is 443 g/mol. The van der Waals surface area contributed by atoms with Crippen LogP contribution in [0.25, 0.3) is 0 Å². The summed E-state index contributed by atoms with van der Waals surface area (Å²) < 4.78 is 69.3. The van der Waals surface area contributed by atoms with Gasteiger partial charge in [0.05, 0.1) is 29.9 Å². The molecule has 0 aliphatic rings. The summed E-state index contributed by atoms with van der Waals surface area (Å²) in [5.74, 6) is -0.703. The van der Waals surface area contributed by atoms with E-state index in [1.165, 1.54) is 36.4 Å². The van der Waals surface area contributed by atoms with Gasteiger partial charge in [-0.3, -0.25) is 10.1 Å². The van der Waals surface area contributed by atoms with Crippen molar-refractivity contribution in [2.45, 2.75) is 10.9 Å². The summed E-state index contributed by atoms with van der Waals surface area (Å²) in [6.07, 6.45) is 0.546. The largest absolute Gasteiger partial charge is 0.465 e. The number of esters is 1. The minimum atomic E-state index is -5.05. The zero-order valence-electron chi connectivity index (χ0n) is 15.8. The first-order valence-electron chi connectivity index (χ1n) is 8.17. The van der Waals surface area contributed by atoms with Gasteiger partial charge in [-0.1, -0.05) is 28.0 Å². The van der Waals surface area contributed by atoms with Crippen molar-refractivity contribution < 1.29 is 35.7 Å². The molecule has 0 amide bonds. The Bertz CT molecular complexity index is 1160. The molecule has 0 bridgehead atoms. The maximum atomic E-state index is 14.0. The topological polar surface area (TPSA) is 141 Å². The number of sulfonamides is 2. The number of halogens is 1. The SMILES string of the molecule is COC(=O)c1ccc(C(CF)N(S(C)(=O)=O)S(=O)(=O)c2ccccc2[N+](=O)[O-])cc1. The molecule has 162 valence electrons. The standard InChI is InChI=1S/C17H17FN2O8S2/c1-28-17(21)13-9-7-12(8-10-13)15(11-18)20(29(2,24)25)30(26,27)16-6-4-3-5-14(16)19(22)23/h3-10,15H,11H2,1-2H3. The lowest BCUT2D eigenvalue weighted by Crippen LogP contribution is -2.40. The van der Waals surface area contributed by atoms with Gasteiger partial charge in [0, 0.05) is 6.07 Å². The van der Waals surface area contributed by atoms with Gasteiger partial charge in [0.25, 0.3) is 15.7 Å². The Morgan fingerprint density at radius 3 is 2.17 bits per heavy atom. The molecule has 0 radical (unpaired) electrons. The lowest BCUT2D eigenvalue weighted by molar-refractivity contribution is -0.387. The van der Waals surface area contributed by atoms with Crippen molar-refractivity contribution in [1.29, 1.82) is 0 Å². The minimum absolute atomic E-state index is 0.0753. The van der Waals surface area contributed by atoms with Crippen LogP contribution >= 0.6 is 0 Å². The predicted molar refractivity (Wildman–Crippen MR) is 103 cm³/mol. The number of nitrogens with zero attached hydrogens (tertiary/aromatic N) is 2. The van der Waals surface area contributed by atoms with Crippen LogP contribution in [0.5, 0.6) is 0 Å². The van der Waals surface area contributed by atoms with Gasteiger partial charge in [-0.25, -0.2) is 26.0 Å². The molecule has 0 spiro atoms. The van der Waals surface area contributed by atoms with Gasteiger partial charge in [-0.15, -0.1) is 0 Å². The summed E-state index contributed by atoms with van der Waals surface area (Å²) in [4.78, 5) is 20.9. The van der Waals surface area contributed by atoms with Gasteiger partial charge in [0.1, 0.15) is 6.67 Å². The van der Waals surface area contributed by atoms with Crippen molar-refractivity contribution in [3.8, 4) is 0 Å². The first-order chi connectivity index (χ1) is 13.9. The smallest absolute Gasteiger partial charge is 0.337 e. The molecule has 0 aromatic heterocycles. The third-order valence-electron chi connectivity index (χ3n) is 4.02. The van der Waals surface area contributed by atoms with E-state index in [0.29, 0.717) is 6.26 Å². The number of rotatable bonds is 8. The summed E-state index contributed by atoms with van der Waals surface area (Å²) in [7, 11) is -8.52. The number of hydrogen-bond acceptors (Lipinski definition) is 8. The van der Waals surface area contributed by atoms with E-state index >= 15 is 0 Å². The molecule has 0 aliphatic heterocycles. The summed E-state index contributed by atoms with van der Waals surface area (Å²) in [5, 5.41) is 11.2. The van der Waals surface area contributed by atoms with E-state index in [2.05, 4.69) is 4.74 Å². The Labute approximate surface area is 172 Å². The Hall–Kier alpha value is -2.90. The maximum absolute atomic E-state index is 14.0. The van der Waals surface area contributed by atoms with Gasteiger partial charge in [-0.05, 0) is 23.8 Å². The Morgan fingerprint density at radius 2 is 1.70 bits per heavy atom. The fourth-order valence-electron chi connectivity index (χ4n) is 2.73. The number of nitro benzene ring substituents is 1. The van der Waals surface area contributed by atoms with E-state index in [1.807, 2.05) is 0 Å². The van der Waals surface area contributed by atoms with Gasteiger partial charge in [-0.2, -0.15) is 0 Å². The second kappa shape index (κ2) is 8.85. The highest BCUT2D eigenvalue weighted by atomic mass is 32.3. The van der Waals surface area contributed by atoms with Crippen LogP contribution in [0.3, 0.4) is 0 Å². The third kappa shape index (κ3) is 4.63. The quantitative estimate of drug-likeness (QED) is 0.331. The van der Waals surface area contributed by atoms with Gasteiger partial charge in [0.2, 0.25) is 10.0 Å². The molecule has 1 unspecified atom stereocenters. The molecule has 0 saturated heterocycles. The molecule has 0 aliphatic carbocycles. The summed E-state index contributed by atoms with van der Waals surface area (Å²) in [6.45, 7) is -1.45. The molecule has 0 fully saturated rings. The predicted octanol–water partition coefficient (Wildman–Crippen LogP) is 2.04. The van der Waals surface area contributed by atoms with E-state index in [0.717, 1.165) is 19.2 Å². The lowest BCUT2D eigenvalue weighted by Gasteiger charge is -2.27. The first kappa shape index (κ1) is 23.4. The molecule has 2 aromatic carbocycles. The lowest BCUT2D eigenvalue weighted by atomic mass is 10.1. The van der Waals surface area contributed by atoms with E-state index in [4.69, 9.17) is 0 Å². The Kier molecular flexibility index (Phi) is 6.90. The van der Waals surface area contributed by atoms with Crippen LogP contribution in [0, 0.1) is 10.1 Å². The number of carbonyl (C=O) groups excluding carboxylic acids is 1. The molecule has 2 aromatic rings. The molecule has 10 nitrogen and oxygen atoms in total. The van der Waals surface area contributed by atoms with E-state index in [1.54, 1.807) is 0 Å². The van der Waals surface area contributed by atoms with E-state index < -0.39 is 54.2 Å². The second-order valence-corrected chi connectivity index (χ2v) is 9.88. The van der Waals surface area contributed by atoms with E-state index in [-0.39, 0.29) is 14.8 Å². The third-order valence-corrected chi connectivity index (χ3v) is 7.96. The number of methoxy groups -OCH3 is 1. The molecular formula is C17H17FN2O8S2. The van der Waals surface area contributed by atoms with Gasteiger partial charge in [0.15, 0.2) is 4.90 Å². The zero-order chi connectivity index (χ0) is 22.7. The highest BCUT2D eigenvalue weighted by Crippen LogP contribution is 2.34. The summed E-state index contributed by atoms with van der Waals surface area (Å²) in [6, 6.07) is 7.05. The maximum Gasteiger partial charge on any atom is 0.337 e. The highest BCUT2D eigenvalue weighted by Gasteiger charge is 2.42. The average molecular weight is 460 g/mol. The van der Waals surface area contributed by atoms with Crippen molar-refractivity contribution in [2.75, 3.05) is 20.0 Å². The molecule has 13 heteroatoms. The monoisotopic (exact) mass is 460 g/mol. The highest BCUT2D eigenvalue weighted by molar-refractivity contribution is 8.03. The van der Waals surface area contributed by atoms with Gasteiger partial charge < -0.3 is 4.74 Å². The van der Waals surface area contributed by atoms with Crippen LogP contribution in [-0.4, -0.2) is 51.5 Å². The van der Waals surface area contributed by atoms with Crippen molar-refractivity contribution in [3.05, 3.63) is 69.8 Å². The molecule has 2 rings (SSSR count). The Balaban J connectivity index is 2.67. The second-order valence-electron chi connectivity index (χ2n) is 6.00. The molecule has 30 heavy (non-hydrogen) atoms. The van der Waals surface area contributed by atoms with Crippen LogP contribution in [0.15, 0.2) is 53.4 Å². The fourth-order valence-corrected chi connectivity index (χ4v) is 6.40. The zero-order valence-corrected chi connectivity index (χ0v) is 17.4. The van der Waals surface area contributed by atoms with Crippen LogP contribution in [0.1, 0.15) is 22.0 Å². The molecule has 0 N–H and O–H groups in total. The number of alkyl halides is 1. The van der Waals surface area contributed by atoms with Crippen LogP contribution in [-0.2, 0) is 24.8 Å². The number of nitro groups is 1. The van der Waals surface area contributed by atoms with Crippen molar-refractivity contribution >= 4 is 31.7 Å². The average Bonchev–Trinajstić information content (AvgIpc) is 2.70. The van der Waals surface area contributed by atoms with Crippen LogP contribution in [0.4, 0.5) is 10.1 Å². The van der Waals surface area contributed by atoms with Crippen molar-refractivity contribution in [3.63, 3.8) is 0 Å². The van der Waals surface area contributed by atoms with Crippen molar-refractivity contribution in [1.82, 2.24) is 3.71 Å². The normalized spacial score (nSPS) is 13.1. The molecule has 0 saturated carbocycles. The number of hydrogen-bond donors (Lipinski definition) is 0. The van der Waals surface area contributed by atoms with Crippen molar-refractivity contribution in [2.24, 2.45) is 0 Å². The number of carbonyl (C=O) groups is 1. The molecule has 0 heterocycles. The minimum Gasteiger partial charge on any atom is -0.465 e. The first-order valence-corrected chi connectivity index (χ1v) is 11.5.